The van der Waals surface area contributed by atoms with Crippen LogP contribution in [0.1, 0.15) is 33.6 Å². The highest BCUT2D eigenvalue weighted by atomic mass is 32.1. The molecule has 2 heterocycles. The molecule has 1 saturated heterocycles. The van der Waals surface area contributed by atoms with E-state index in [4.69, 9.17) is 0 Å². The van der Waals surface area contributed by atoms with E-state index in [0.717, 1.165) is 19.4 Å². The lowest BCUT2D eigenvalue weighted by Crippen LogP contribution is -2.47. The highest BCUT2D eigenvalue weighted by Gasteiger charge is 2.25. The number of carbonyl (C=O) groups excluding carboxylic acids is 2. The molecule has 1 atom stereocenters. The maximum absolute atomic E-state index is 12.9. The van der Waals surface area contributed by atoms with Crippen molar-refractivity contribution in [2.75, 3.05) is 25.5 Å². The highest BCUT2D eigenvalue weighted by Crippen LogP contribution is 2.21. The Labute approximate surface area is 145 Å². The van der Waals surface area contributed by atoms with Gasteiger partial charge in [0.15, 0.2) is 0 Å². The number of nitrogens with zero attached hydrogens (tertiary/aromatic N) is 1. The van der Waals surface area contributed by atoms with Crippen LogP contribution in [0.5, 0.6) is 0 Å². The van der Waals surface area contributed by atoms with E-state index in [1.807, 2.05) is 29.5 Å². The number of piperidine rings is 1. The van der Waals surface area contributed by atoms with Gasteiger partial charge >= 0.3 is 0 Å². The Morgan fingerprint density at radius 2 is 2.08 bits per heavy atom. The lowest BCUT2D eigenvalue weighted by molar-refractivity contribution is 0.0699. The fraction of sp³-hybridized carbons (Fsp3) is 0.333. The number of amides is 2. The van der Waals surface area contributed by atoms with E-state index >= 15 is 0 Å². The highest BCUT2D eigenvalue weighted by molar-refractivity contribution is 7.08. The first-order chi connectivity index (χ1) is 11.7. The normalized spacial score (nSPS) is 17.5. The zero-order chi connectivity index (χ0) is 16.9. The molecule has 5 nitrogen and oxygen atoms in total. The summed E-state index contributed by atoms with van der Waals surface area (Å²) in [5, 5.41) is 9.76. The van der Waals surface area contributed by atoms with E-state index in [-0.39, 0.29) is 11.8 Å². The minimum Gasteiger partial charge on any atom is -0.337 e. The molecule has 2 aromatic rings. The van der Waals surface area contributed by atoms with Gasteiger partial charge in [0.05, 0.1) is 16.8 Å². The van der Waals surface area contributed by atoms with Crippen LogP contribution in [-0.4, -0.2) is 42.9 Å². The van der Waals surface area contributed by atoms with Crippen LogP contribution in [0.4, 0.5) is 5.69 Å². The van der Waals surface area contributed by atoms with E-state index in [1.54, 1.807) is 23.6 Å². The average molecular weight is 343 g/mol. The quantitative estimate of drug-likeness (QED) is 0.897. The molecule has 6 heteroatoms. The van der Waals surface area contributed by atoms with Crippen molar-refractivity contribution in [1.82, 2.24) is 10.2 Å². The van der Waals surface area contributed by atoms with Crippen molar-refractivity contribution < 1.29 is 9.59 Å². The van der Waals surface area contributed by atoms with Crippen molar-refractivity contribution >= 4 is 28.8 Å². The third-order valence-electron chi connectivity index (χ3n) is 4.31. The van der Waals surface area contributed by atoms with Crippen LogP contribution in [-0.2, 0) is 0 Å². The minimum atomic E-state index is -0.191. The van der Waals surface area contributed by atoms with Gasteiger partial charge in [0.2, 0.25) is 0 Å². The molecular formula is C18H21N3O2S. The summed E-state index contributed by atoms with van der Waals surface area (Å²) in [4.78, 5) is 27.0. The predicted molar refractivity (Wildman–Crippen MR) is 96.7 cm³/mol. The van der Waals surface area contributed by atoms with Crippen LogP contribution in [0.15, 0.2) is 41.1 Å². The van der Waals surface area contributed by atoms with Crippen molar-refractivity contribution in [3.8, 4) is 0 Å². The molecule has 2 N–H and O–H groups in total. The number of para-hydroxylation sites is 1. The topological polar surface area (TPSA) is 61.4 Å². The fourth-order valence-electron chi connectivity index (χ4n) is 2.93. The molecule has 0 bridgehead atoms. The van der Waals surface area contributed by atoms with E-state index in [9.17, 15) is 9.59 Å². The van der Waals surface area contributed by atoms with Crippen LogP contribution in [0.3, 0.4) is 0 Å². The first-order valence-electron chi connectivity index (χ1n) is 8.08. The molecule has 2 amide bonds. The van der Waals surface area contributed by atoms with E-state index in [0.29, 0.717) is 29.4 Å². The molecule has 1 aromatic carbocycles. The van der Waals surface area contributed by atoms with Gasteiger partial charge in [-0.3, -0.25) is 9.59 Å². The standard InChI is InChI=1S/C18H21N3O2S/c1-19-14-5-4-9-21(11-14)18(23)15-6-2-3-7-16(15)20-17(22)13-8-10-24-12-13/h2-3,6-8,10,12,14,19H,4-5,9,11H2,1H3,(H,20,22). The second-order valence-corrected chi connectivity index (χ2v) is 6.67. The van der Waals surface area contributed by atoms with Gasteiger partial charge in [0.1, 0.15) is 0 Å². The van der Waals surface area contributed by atoms with Crippen molar-refractivity contribution in [3.63, 3.8) is 0 Å². The zero-order valence-corrected chi connectivity index (χ0v) is 14.4. The maximum atomic E-state index is 12.9. The number of hydrogen-bond acceptors (Lipinski definition) is 4. The molecule has 0 spiro atoms. The number of thiophene rings is 1. The molecule has 1 aliphatic rings. The Kier molecular flexibility index (Phi) is 5.27. The van der Waals surface area contributed by atoms with Gasteiger partial charge in [0.25, 0.3) is 11.8 Å². The van der Waals surface area contributed by atoms with Crippen molar-refractivity contribution in [3.05, 3.63) is 52.2 Å². The van der Waals surface area contributed by atoms with Gasteiger partial charge in [-0.25, -0.2) is 0 Å². The summed E-state index contributed by atoms with van der Waals surface area (Å²) in [6, 6.07) is 9.30. The Morgan fingerprint density at radius 3 is 2.83 bits per heavy atom. The largest absolute Gasteiger partial charge is 0.337 e. The first kappa shape index (κ1) is 16.7. The van der Waals surface area contributed by atoms with Gasteiger partial charge in [-0.05, 0) is 43.5 Å². The molecule has 0 aliphatic carbocycles. The van der Waals surface area contributed by atoms with Gasteiger partial charge in [-0.15, -0.1) is 0 Å². The van der Waals surface area contributed by atoms with E-state index in [1.165, 1.54) is 11.3 Å². The maximum Gasteiger partial charge on any atom is 0.256 e. The molecule has 0 saturated carbocycles. The number of rotatable bonds is 4. The lowest BCUT2D eigenvalue weighted by Gasteiger charge is -2.33. The number of benzene rings is 1. The Balaban J connectivity index is 1.78. The molecule has 1 fully saturated rings. The zero-order valence-electron chi connectivity index (χ0n) is 13.6. The van der Waals surface area contributed by atoms with Gasteiger partial charge < -0.3 is 15.5 Å². The van der Waals surface area contributed by atoms with Gasteiger partial charge in [-0.1, -0.05) is 12.1 Å². The number of hydrogen-bond donors (Lipinski definition) is 2. The molecule has 0 radical (unpaired) electrons. The summed E-state index contributed by atoms with van der Waals surface area (Å²) in [7, 11) is 1.92. The average Bonchev–Trinajstić information content (AvgIpc) is 3.16. The molecule has 24 heavy (non-hydrogen) atoms. The Morgan fingerprint density at radius 1 is 1.25 bits per heavy atom. The minimum absolute atomic E-state index is 0.0313. The van der Waals surface area contributed by atoms with Gasteiger partial charge in [0, 0.05) is 24.5 Å². The second kappa shape index (κ2) is 7.59. The number of likely N-dealkylation sites (tertiary alicyclic amines) is 1. The number of likely N-dealkylation sites (N-methyl/N-ethyl adjacent to an activating group) is 1. The third-order valence-corrected chi connectivity index (χ3v) is 4.99. The van der Waals surface area contributed by atoms with Crippen molar-refractivity contribution in [2.45, 2.75) is 18.9 Å². The molecule has 126 valence electrons. The first-order valence-corrected chi connectivity index (χ1v) is 9.02. The third kappa shape index (κ3) is 3.66. The summed E-state index contributed by atoms with van der Waals surface area (Å²) in [6.45, 7) is 1.45. The lowest BCUT2D eigenvalue weighted by atomic mass is 10.0. The van der Waals surface area contributed by atoms with Crippen molar-refractivity contribution in [2.24, 2.45) is 0 Å². The predicted octanol–water partition coefficient (Wildman–Crippen LogP) is 2.82. The summed E-state index contributed by atoms with van der Waals surface area (Å²) >= 11 is 1.47. The van der Waals surface area contributed by atoms with Crippen LogP contribution in [0, 0.1) is 0 Å². The molecular weight excluding hydrogens is 322 g/mol. The van der Waals surface area contributed by atoms with E-state index in [2.05, 4.69) is 10.6 Å². The molecule has 3 rings (SSSR count). The number of carbonyl (C=O) groups is 2. The smallest absolute Gasteiger partial charge is 0.256 e. The van der Waals surface area contributed by atoms with Crippen molar-refractivity contribution in [1.29, 1.82) is 0 Å². The number of nitrogens with one attached hydrogen (secondary N) is 2. The summed E-state index contributed by atoms with van der Waals surface area (Å²) < 4.78 is 0. The molecule has 1 aromatic heterocycles. The summed E-state index contributed by atoms with van der Waals surface area (Å²) in [5.74, 6) is -0.223. The second-order valence-electron chi connectivity index (χ2n) is 5.89. The fourth-order valence-corrected chi connectivity index (χ4v) is 3.57. The van der Waals surface area contributed by atoms with E-state index < -0.39 is 0 Å². The van der Waals surface area contributed by atoms with Gasteiger partial charge in [-0.2, -0.15) is 11.3 Å². The molecule has 1 unspecified atom stereocenters. The van der Waals surface area contributed by atoms with Crippen LogP contribution >= 0.6 is 11.3 Å². The van der Waals surface area contributed by atoms with Crippen LogP contribution in [0.2, 0.25) is 0 Å². The SMILES string of the molecule is CNC1CCCN(C(=O)c2ccccc2NC(=O)c2ccsc2)C1. The summed E-state index contributed by atoms with van der Waals surface area (Å²) in [5.41, 5.74) is 1.71. The summed E-state index contributed by atoms with van der Waals surface area (Å²) in [6.07, 6.45) is 2.07. The number of anilines is 1. The molecule has 1 aliphatic heterocycles. The Bertz CT molecular complexity index is 715. The van der Waals surface area contributed by atoms with Crippen LogP contribution < -0.4 is 10.6 Å². The van der Waals surface area contributed by atoms with Crippen LogP contribution in [0.25, 0.3) is 0 Å². The monoisotopic (exact) mass is 343 g/mol. The Hall–Kier alpha value is -2.18.